The molecule has 28 heavy (non-hydrogen) atoms. The Hall–Kier alpha value is -1.57. The number of hydrogen-bond donors (Lipinski definition) is 0. The summed E-state index contributed by atoms with van der Waals surface area (Å²) in [6, 6.07) is 10.5. The summed E-state index contributed by atoms with van der Waals surface area (Å²) in [5.74, 6) is 2.22. The molecule has 0 bridgehead atoms. The van der Waals surface area contributed by atoms with E-state index in [1.807, 2.05) is 26.8 Å². The third-order valence-corrected chi connectivity index (χ3v) is 6.13. The maximum atomic E-state index is 12.8. The molecule has 0 unspecified atom stereocenters. The third kappa shape index (κ3) is 6.50. The second kappa shape index (κ2) is 9.76. The lowest BCUT2D eigenvalue weighted by atomic mass is 9.67. The van der Waals surface area contributed by atoms with E-state index in [2.05, 4.69) is 58.0 Å². The van der Waals surface area contributed by atoms with Crippen LogP contribution >= 0.6 is 0 Å². The van der Waals surface area contributed by atoms with E-state index in [1.165, 1.54) is 24.0 Å². The van der Waals surface area contributed by atoms with Crippen LogP contribution in [-0.2, 0) is 16.0 Å². The monoisotopic (exact) mass is 384 g/mol. The molecule has 1 aliphatic carbocycles. The number of carbonyl (C=O) groups excluding carboxylic acids is 1. The smallest absolute Gasteiger partial charge is 0.311 e. The van der Waals surface area contributed by atoms with E-state index in [4.69, 9.17) is 4.74 Å². The van der Waals surface area contributed by atoms with Crippen molar-refractivity contribution < 1.29 is 9.53 Å². The Morgan fingerprint density at radius 3 is 2.36 bits per heavy atom. The van der Waals surface area contributed by atoms with E-state index in [1.54, 1.807) is 0 Å². The lowest BCUT2D eigenvalue weighted by Crippen LogP contribution is -2.39. The minimum atomic E-state index is -0.479. The minimum absolute atomic E-state index is 0.0954. The summed E-state index contributed by atoms with van der Waals surface area (Å²) < 4.78 is 6.18. The van der Waals surface area contributed by atoms with Crippen LogP contribution in [0.4, 0.5) is 0 Å². The van der Waals surface area contributed by atoms with Gasteiger partial charge in [0.05, 0.1) is 5.41 Å². The van der Waals surface area contributed by atoms with Gasteiger partial charge in [0.25, 0.3) is 0 Å². The summed E-state index contributed by atoms with van der Waals surface area (Å²) in [4.78, 5) is 12.8. The van der Waals surface area contributed by atoms with E-state index >= 15 is 0 Å². The van der Waals surface area contributed by atoms with Crippen molar-refractivity contribution in [1.82, 2.24) is 0 Å². The van der Waals surface area contributed by atoms with Crippen LogP contribution in [0, 0.1) is 29.1 Å². The SMILES string of the molecule is C/C(=C\[C@H](OC(=O)C(C)(C)C)[C@@H]1C[C@H](C)CC[C@H]1C(C)C)Cc1ccccc1. The van der Waals surface area contributed by atoms with Crippen molar-refractivity contribution in [1.29, 1.82) is 0 Å². The predicted octanol–water partition coefficient (Wildman–Crippen LogP) is 6.84. The van der Waals surface area contributed by atoms with Crippen molar-refractivity contribution in [2.24, 2.45) is 29.1 Å². The Morgan fingerprint density at radius 1 is 1.14 bits per heavy atom. The fourth-order valence-electron chi connectivity index (χ4n) is 4.46. The Kier molecular flexibility index (Phi) is 7.92. The molecule has 0 aliphatic heterocycles. The van der Waals surface area contributed by atoms with Gasteiger partial charge in [-0.15, -0.1) is 0 Å². The lowest BCUT2D eigenvalue weighted by Gasteiger charge is -2.41. The summed E-state index contributed by atoms with van der Waals surface area (Å²) in [6.07, 6.45) is 6.67. The van der Waals surface area contributed by atoms with E-state index in [-0.39, 0.29) is 12.1 Å². The Bertz CT molecular complexity index is 651. The average molecular weight is 385 g/mol. The van der Waals surface area contributed by atoms with Gasteiger partial charge in [0, 0.05) is 5.92 Å². The van der Waals surface area contributed by atoms with Crippen LogP contribution in [0.25, 0.3) is 0 Å². The fraction of sp³-hybridized carbons (Fsp3) is 0.654. The highest BCUT2D eigenvalue weighted by atomic mass is 16.5. The zero-order valence-corrected chi connectivity index (χ0v) is 19.0. The van der Waals surface area contributed by atoms with Crippen molar-refractivity contribution >= 4 is 5.97 Å². The number of esters is 1. The molecule has 156 valence electrons. The molecule has 1 aromatic carbocycles. The molecule has 2 heteroatoms. The van der Waals surface area contributed by atoms with Crippen molar-refractivity contribution in [2.75, 3.05) is 0 Å². The van der Waals surface area contributed by atoms with Gasteiger partial charge in [-0.25, -0.2) is 0 Å². The average Bonchev–Trinajstić information content (AvgIpc) is 2.60. The molecular formula is C26H40O2. The van der Waals surface area contributed by atoms with Crippen LogP contribution in [0.1, 0.15) is 73.3 Å². The number of hydrogen-bond acceptors (Lipinski definition) is 2. The quantitative estimate of drug-likeness (QED) is 0.396. The second-order valence-corrected chi connectivity index (χ2v) is 10.3. The highest BCUT2D eigenvalue weighted by Gasteiger charge is 2.38. The van der Waals surface area contributed by atoms with Crippen molar-refractivity contribution in [3.8, 4) is 0 Å². The summed E-state index contributed by atoms with van der Waals surface area (Å²) >= 11 is 0. The first-order chi connectivity index (χ1) is 13.1. The van der Waals surface area contributed by atoms with E-state index < -0.39 is 5.41 Å². The fourth-order valence-corrected chi connectivity index (χ4v) is 4.46. The Labute approximate surface area is 172 Å². The molecule has 1 aromatic rings. The number of benzene rings is 1. The number of ether oxygens (including phenoxy) is 1. The number of allylic oxidation sites excluding steroid dienone is 1. The number of carbonyl (C=O) groups is 1. The van der Waals surface area contributed by atoms with Crippen LogP contribution in [0.15, 0.2) is 42.0 Å². The zero-order chi connectivity index (χ0) is 20.9. The van der Waals surface area contributed by atoms with Gasteiger partial charge in [-0.2, -0.15) is 0 Å². The highest BCUT2D eigenvalue weighted by Crippen LogP contribution is 2.41. The van der Waals surface area contributed by atoms with Crippen LogP contribution in [0.3, 0.4) is 0 Å². The summed E-state index contributed by atoms with van der Waals surface area (Å²) in [5.41, 5.74) is 2.10. The first-order valence-electron chi connectivity index (χ1n) is 11.0. The second-order valence-electron chi connectivity index (χ2n) is 10.3. The molecule has 0 heterocycles. The molecule has 0 saturated heterocycles. The van der Waals surface area contributed by atoms with E-state index in [0.29, 0.717) is 23.7 Å². The molecule has 1 aliphatic rings. The molecule has 0 spiro atoms. The molecule has 0 N–H and O–H groups in total. The molecule has 0 radical (unpaired) electrons. The van der Waals surface area contributed by atoms with Gasteiger partial charge >= 0.3 is 5.97 Å². The first-order valence-corrected chi connectivity index (χ1v) is 11.0. The first kappa shape index (κ1) is 22.7. The zero-order valence-electron chi connectivity index (χ0n) is 19.0. The van der Waals surface area contributed by atoms with Gasteiger partial charge in [0.2, 0.25) is 0 Å². The topological polar surface area (TPSA) is 26.3 Å². The van der Waals surface area contributed by atoms with Crippen molar-refractivity contribution in [3.63, 3.8) is 0 Å². The molecule has 0 amide bonds. The standard InChI is InChI=1S/C26H40O2/c1-18(2)22-14-13-19(3)16-23(22)24(28-25(27)26(5,6)7)17-20(4)15-21-11-9-8-10-12-21/h8-12,17-19,22-24H,13-16H2,1-7H3/b20-17+/t19-,22+,23-,24+/m1/s1. The normalized spacial score (nSPS) is 24.9. The molecular weight excluding hydrogens is 344 g/mol. The predicted molar refractivity (Wildman–Crippen MR) is 118 cm³/mol. The molecule has 4 atom stereocenters. The molecule has 0 aromatic heterocycles. The minimum Gasteiger partial charge on any atom is -0.457 e. The van der Waals surface area contributed by atoms with Gasteiger partial charge < -0.3 is 4.74 Å². The maximum absolute atomic E-state index is 12.8. The molecule has 2 rings (SSSR count). The van der Waals surface area contributed by atoms with E-state index in [9.17, 15) is 4.79 Å². The lowest BCUT2D eigenvalue weighted by molar-refractivity contribution is -0.161. The maximum Gasteiger partial charge on any atom is 0.311 e. The Morgan fingerprint density at radius 2 is 1.79 bits per heavy atom. The summed E-state index contributed by atoms with van der Waals surface area (Å²) in [6.45, 7) is 15.0. The largest absolute Gasteiger partial charge is 0.457 e. The molecule has 1 saturated carbocycles. The van der Waals surface area contributed by atoms with Gasteiger partial charge in [0.15, 0.2) is 0 Å². The van der Waals surface area contributed by atoms with Crippen LogP contribution in [0.2, 0.25) is 0 Å². The van der Waals surface area contributed by atoms with Gasteiger partial charge in [-0.3, -0.25) is 4.79 Å². The summed E-state index contributed by atoms with van der Waals surface area (Å²) in [5, 5.41) is 0. The summed E-state index contributed by atoms with van der Waals surface area (Å²) in [7, 11) is 0. The van der Waals surface area contributed by atoms with E-state index in [0.717, 1.165) is 12.8 Å². The van der Waals surface area contributed by atoms with Crippen molar-refractivity contribution in [3.05, 3.63) is 47.5 Å². The van der Waals surface area contributed by atoms with Gasteiger partial charge in [-0.05, 0) is 76.4 Å². The molecule has 2 nitrogen and oxygen atoms in total. The van der Waals surface area contributed by atoms with Crippen LogP contribution < -0.4 is 0 Å². The van der Waals surface area contributed by atoms with Gasteiger partial charge in [-0.1, -0.05) is 63.1 Å². The van der Waals surface area contributed by atoms with Crippen LogP contribution in [0.5, 0.6) is 0 Å². The Balaban J connectivity index is 2.29. The highest BCUT2D eigenvalue weighted by molar-refractivity contribution is 5.75. The number of rotatable bonds is 6. The molecule has 1 fully saturated rings. The van der Waals surface area contributed by atoms with Gasteiger partial charge in [0.1, 0.15) is 6.10 Å². The third-order valence-electron chi connectivity index (χ3n) is 6.13. The van der Waals surface area contributed by atoms with Crippen LogP contribution in [-0.4, -0.2) is 12.1 Å². The van der Waals surface area contributed by atoms with Crippen molar-refractivity contribution in [2.45, 2.75) is 80.3 Å².